The Morgan fingerprint density at radius 1 is 1.10 bits per heavy atom. The average molecular weight is 435 g/mol. The minimum absolute atomic E-state index is 0.180. The van der Waals surface area contributed by atoms with Gasteiger partial charge in [-0.1, -0.05) is 0 Å². The molecule has 1 aliphatic heterocycles. The monoisotopic (exact) mass is 435 g/mol. The van der Waals surface area contributed by atoms with E-state index < -0.39 is 27.4 Å². The number of hydrogen-bond acceptors (Lipinski definition) is 6. The van der Waals surface area contributed by atoms with Gasteiger partial charge in [0.15, 0.2) is 5.82 Å². The van der Waals surface area contributed by atoms with E-state index in [1.807, 2.05) is 0 Å². The van der Waals surface area contributed by atoms with Crippen LogP contribution in [0.15, 0.2) is 48.8 Å². The standard InChI is InChI=1S/C19H19F2N5O3S/c20-15-2-3-17(21)14(12-15)13-30(27,28)25-10-6-16(7-11-25)29-19-5-4-18(23-24-19)26-9-1-8-22-26/h1-5,8-9,12,16H,6-7,10-11,13H2. The molecule has 1 aliphatic rings. The number of rotatable bonds is 6. The molecular formula is C19H19F2N5O3S. The van der Waals surface area contributed by atoms with Crippen LogP contribution in [-0.4, -0.2) is 51.9 Å². The number of sulfonamides is 1. The first kappa shape index (κ1) is 20.4. The Morgan fingerprint density at radius 2 is 1.90 bits per heavy atom. The fourth-order valence-corrected chi connectivity index (χ4v) is 4.81. The first-order chi connectivity index (χ1) is 14.4. The molecule has 3 heterocycles. The van der Waals surface area contributed by atoms with Crippen LogP contribution in [-0.2, 0) is 15.8 Å². The molecule has 0 bridgehead atoms. The zero-order valence-electron chi connectivity index (χ0n) is 15.9. The van der Waals surface area contributed by atoms with Crippen molar-refractivity contribution >= 4 is 10.0 Å². The molecule has 1 fully saturated rings. The van der Waals surface area contributed by atoms with Gasteiger partial charge in [-0.15, -0.1) is 10.2 Å². The number of ether oxygens (including phenoxy) is 1. The summed E-state index contributed by atoms with van der Waals surface area (Å²) in [5, 5.41) is 12.2. The summed E-state index contributed by atoms with van der Waals surface area (Å²) in [5.41, 5.74) is -0.180. The summed E-state index contributed by atoms with van der Waals surface area (Å²) in [6.45, 7) is 0.450. The fourth-order valence-electron chi connectivity index (χ4n) is 3.24. The summed E-state index contributed by atoms with van der Waals surface area (Å²) in [6, 6.07) is 7.98. The highest BCUT2D eigenvalue weighted by molar-refractivity contribution is 7.88. The number of benzene rings is 1. The molecule has 0 amide bonds. The van der Waals surface area contributed by atoms with Crippen molar-refractivity contribution in [2.45, 2.75) is 24.7 Å². The van der Waals surface area contributed by atoms with Crippen LogP contribution in [0.25, 0.3) is 5.82 Å². The summed E-state index contributed by atoms with van der Waals surface area (Å²) < 4.78 is 61.0. The fraction of sp³-hybridized carbons (Fsp3) is 0.316. The topological polar surface area (TPSA) is 90.2 Å². The Morgan fingerprint density at radius 3 is 2.57 bits per heavy atom. The van der Waals surface area contributed by atoms with Gasteiger partial charge in [-0.25, -0.2) is 26.2 Å². The Bertz CT molecular complexity index is 1100. The molecule has 0 radical (unpaired) electrons. The van der Waals surface area contributed by atoms with Crippen molar-refractivity contribution in [2.24, 2.45) is 0 Å². The molecule has 0 unspecified atom stereocenters. The molecule has 4 rings (SSSR count). The lowest BCUT2D eigenvalue weighted by molar-refractivity contribution is 0.128. The van der Waals surface area contributed by atoms with Crippen LogP contribution in [0, 0.1) is 11.6 Å². The van der Waals surface area contributed by atoms with Crippen LogP contribution >= 0.6 is 0 Å². The maximum Gasteiger partial charge on any atom is 0.233 e. The summed E-state index contributed by atoms with van der Waals surface area (Å²) in [7, 11) is -3.77. The average Bonchev–Trinajstić information content (AvgIpc) is 3.26. The highest BCUT2D eigenvalue weighted by Crippen LogP contribution is 2.22. The molecule has 0 spiro atoms. The third-order valence-electron chi connectivity index (χ3n) is 4.79. The molecule has 2 aromatic heterocycles. The molecule has 0 atom stereocenters. The van der Waals surface area contributed by atoms with Crippen molar-refractivity contribution in [3.05, 3.63) is 66.0 Å². The third-order valence-corrected chi connectivity index (χ3v) is 6.62. The van der Waals surface area contributed by atoms with E-state index in [1.54, 1.807) is 35.3 Å². The molecule has 0 N–H and O–H groups in total. The molecule has 8 nitrogen and oxygen atoms in total. The van der Waals surface area contributed by atoms with Crippen molar-refractivity contribution in [1.82, 2.24) is 24.3 Å². The van der Waals surface area contributed by atoms with Crippen LogP contribution in [0.1, 0.15) is 18.4 Å². The van der Waals surface area contributed by atoms with Gasteiger partial charge in [-0.2, -0.15) is 5.10 Å². The summed E-state index contributed by atoms with van der Waals surface area (Å²) >= 11 is 0. The van der Waals surface area contributed by atoms with Crippen LogP contribution in [0.4, 0.5) is 8.78 Å². The summed E-state index contributed by atoms with van der Waals surface area (Å²) in [5.74, 6) is -1.10. The number of nitrogens with zero attached hydrogens (tertiary/aromatic N) is 5. The van der Waals surface area contributed by atoms with E-state index in [1.165, 1.54) is 4.31 Å². The summed E-state index contributed by atoms with van der Waals surface area (Å²) in [4.78, 5) is 0. The zero-order chi connectivity index (χ0) is 21.1. The Labute approximate surface area is 172 Å². The molecule has 30 heavy (non-hydrogen) atoms. The van der Waals surface area contributed by atoms with E-state index in [0.29, 0.717) is 24.5 Å². The second-order valence-corrected chi connectivity index (χ2v) is 8.86. The van der Waals surface area contributed by atoms with Gasteiger partial charge in [0.25, 0.3) is 0 Å². The van der Waals surface area contributed by atoms with Crippen molar-refractivity contribution in [3.63, 3.8) is 0 Å². The predicted molar refractivity (Wildman–Crippen MR) is 103 cm³/mol. The summed E-state index contributed by atoms with van der Waals surface area (Å²) in [6.07, 6.45) is 4.07. The van der Waals surface area contributed by atoms with Crippen LogP contribution in [0.2, 0.25) is 0 Å². The van der Waals surface area contributed by atoms with E-state index in [4.69, 9.17) is 4.74 Å². The normalized spacial score (nSPS) is 15.9. The Balaban J connectivity index is 1.33. The second-order valence-electron chi connectivity index (χ2n) is 6.89. The zero-order valence-corrected chi connectivity index (χ0v) is 16.7. The van der Waals surface area contributed by atoms with Gasteiger partial charge in [-0.3, -0.25) is 0 Å². The molecular weight excluding hydrogens is 416 g/mol. The number of halogens is 2. The van der Waals surface area contributed by atoms with Gasteiger partial charge in [0.1, 0.15) is 17.7 Å². The predicted octanol–water partition coefficient (Wildman–Crippen LogP) is 2.31. The molecule has 0 saturated carbocycles. The second kappa shape index (κ2) is 8.44. The minimum atomic E-state index is -3.77. The molecule has 3 aromatic rings. The van der Waals surface area contributed by atoms with Gasteiger partial charge >= 0.3 is 0 Å². The lowest BCUT2D eigenvalue weighted by Gasteiger charge is -2.31. The molecule has 1 aromatic carbocycles. The van der Waals surface area contributed by atoms with Crippen LogP contribution in [0.5, 0.6) is 5.88 Å². The van der Waals surface area contributed by atoms with Gasteiger partial charge in [-0.05, 0) is 43.2 Å². The lowest BCUT2D eigenvalue weighted by Crippen LogP contribution is -2.42. The van der Waals surface area contributed by atoms with Crippen molar-refractivity contribution in [3.8, 4) is 11.7 Å². The highest BCUT2D eigenvalue weighted by Gasteiger charge is 2.30. The molecule has 11 heteroatoms. The van der Waals surface area contributed by atoms with E-state index >= 15 is 0 Å². The minimum Gasteiger partial charge on any atom is -0.473 e. The Hall–Kier alpha value is -2.92. The van der Waals surface area contributed by atoms with Crippen molar-refractivity contribution in [1.29, 1.82) is 0 Å². The maximum atomic E-state index is 13.8. The largest absolute Gasteiger partial charge is 0.473 e. The smallest absolute Gasteiger partial charge is 0.233 e. The first-order valence-corrected chi connectivity index (χ1v) is 10.9. The third kappa shape index (κ3) is 4.62. The van der Waals surface area contributed by atoms with Crippen molar-refractivity contribution in [2.75, 3.05) is 13.1 Å². The Kier molecular flexibility index (Phi) is 5.73. The molecule has 0 aliphatic carbocycles. The maximum absolute atomic E-state index is 13.8. The van der Waals surface area contributed by atoms with Crippen molar-refractivity contribution < 1.29 is 21.9 Å². The lowest BCUT2D eigenvalue weighted by atomic mass is 10.1. The van der Waals surface area contributed by atoms with Gasteiger partial charge in [0.05, 0.1) is 5.75 Å². The highest BCUT2D eigenvalue weighted by atomic mass is 32.2. The SMILES string of the molecule is O=S(=O)(Cc1cc(F)ccc1F)N1CCC(Oc2ccc(-n3cccn3)nn2)CC1. The molecule has 158 valence electrons. The molecule has 1 saturated heterocycles. The van der Waals surface area contributed by atoms with Crippen LogP contribution < -0.4 is 4.74 Å². The number of piperidine rings is 1. The van der Waals surface area contributed by atoms with Gasteiger partial charge in [0, 0.05) is 37.1 Å². The van der Waals surface area contributed by atoms with E-state index in [-0.39, 0.29) is 24.8 Å². The van der Waals surface area contributed by atoms with E-state index in [9.17, 15) is 17.2 Å². The quantitative estimate of drug-likeness (QED) is 0.590. The van der Waals surface area contributed by atoms with Gasteiger partial charge < -0.3 is 4.74 Å². The number of hydrogen-bond donors (Lipinski definition) is 0. The van der Waals surface area contributed by atoms with E-state index in [0.717, 1.165) is 18.2 Å². The van der Waals surface area contributed by atoms with Gasteiger partial charge in [0.2, 0.25) is 15.9 Å². The van der Waals surface area contributed by atoms with E-state index in [2.05, 4.69) is 15.3 Å². The first-order valence-electron chi connectivity index (χ1n) is 9.33. The number of aromatic nitrogens is 4. The van der Waals surface area contributed by atoms with Crippen LogP contribution in [0.3, 0.4) is 0 Å².